The molecule has 0 spiro atoms. The zero-order chi connectivity index (χ0) is 10.4. The third kappa shape index (κ3) is 4.39. The molecular weight excluding hydrogens is 200 g/mol. The van der Waals surface area contributed by atoms with Crippen molar-refractivity contribution >= 4 is 9.84 Å². The minimum Gasteiger partial charge on any atom is -0.317 e. The third-order valence-corrected chi connectivity index (χ3v) is 4.13. The van der Waals surface area contributed by atoms with Crippen molar-refractivity contribution in [1.29, 1.82) is 0 Å². The maximum absolute atomic E-state index is 11.3. The molecule has 1 unspecified atom stereocenters. The number of nitrogens with one attached hydrogen (secondary N) is 2. The molecule has 1 saturated heterocycles. The SMILES string of the molecule is CCCNCCC1CS(=O)(=O)CCN1. The Hall–Kier alpha value is -0.130. The Morgan fingerprint density at radius 1 is 1.43 bits per heavy atom. The van der Waals surface area contributed by atoms with Crippen LogP contribution in [0.5, 0.6) is 0 Å². The van der Waals surface area contributed by atoms with Gasteiger partial charge in [-0.1, -0.05) is 6.92 Å². The summed E-state index contributed by atoms with van der Waals surface area (Å²) in [5.41, 5.74) is 0. The van der Waals surface area contributed by atoms with E-state index in [0.717, 1.165) is 25.9 Å². The van der Waals surface area contributed by atoms with Gasteiger partial charge in [-0.15, -0.1) is 0 Å². The molecular formula is C9H20N2O2S. The van der Waals surface area contributed by atoms with E-state index >= 15 is 0 Å². The molecule has 4 nitrogen and oxygen atoms in total. The highest BCUT2D eigenvalue weighted by Crippen LogP contribution is 2.03. The normalized spacial score (nSPS) is 26.2. The fraction of sp³-hybridized carbons (Fsp3) is 1.00. The van der Waals surface area contributed by atoms with Gasteiger partial charge >= 0.3 is 0 Å². The number of rotatable bonds is 5. The first kappa shape index (κ1) is 11.9. The maximum Gasteiger partial charge on any atom is 0.153 e. The second-order valence-electron chi connectivity index (χ2n) is 3.80. The summed E-state index contributed by atoms with van der Waals surface area (Å²) in [5, 5.41) is 6.51. The average Bonchev–Trinajstić information content (AvgIpc) is 2.11. The molecule has 1 heterocycles. The minimum atomic E-state index is -2.76. The van der Waals surface area contributed by atoms with Crippen LogP contribution in [0.4, 0.5) is 0 Å². The molecule has 5 heteroatoms. The summed E-state index contributed by atoms with van der Waals surface area (Å²) in [7, 11) is -2.76. The lowest BCUT2D eigenvalue weighted by Gasteiger charge is -2.23. The molecule has 2 N–H and O–H groups in total. The topological polar surface area (TPSA) is 58.2 Å². The summed E-state index contributed by atoms with van der Waals surface area (Å²) in [6, 6.07) is 0.151. The van der Waals surface area contributed by atoms with E-state index in [0.29, 0.717) is 18.1 Å². The Kier molecular flexibility index (Phi) is 4.84. The van der Waals surface area contributed by atoms with E-state index in [2.05, 4.69) is 17.6 Å². The van der Waals surface area contributed by atoms with E-state index in [1.807, 2.05) is 0 Å². The maximum atomic E-state index is 11.3. The summed E-state index contributed by atoms with van der Waals surface area (Å²) >= 11 is 0. The van der Waals surface area contributed by atoms with Gasteiger partial charge in [-0.3, -0.25) is 0 Å². The van der Waals surface area contributed by atoms with Gasteiger partial charge in [-0.25, -0.2) is 8.42 Å². The van der Waals surface area contributed by atoms with Gasteiger partial charge in [0.25, 0.3) is 0 Å². The van der Waals surface area contributed by atoms with Gasteiger partial charge in [0, 0.05) is 12.6 Å². The fourth-order valence-electron chi connectivity index (χ4n) is 1.63. The van der Waals surface area contributed by atoms with Crippen molar-refractivity contribution in [3.63, 3.8) is 0 Å². The van der Waals surface area contributed by atoms with Gasteiger partial charge in [0.15, 0.2) is 9.84 Å². The van der Waals surface area contributed by atoms with Gasteiger partial charge in [-0.2, -0.15) is 0 Å². The highest BCUT2D eigenvalue weighted by Gasteiger charge is 2.23. The first-order chi connectivity index (χ1) is 6.64. The molecule has 0 amide bonds. The van der Waals surface area contributed by atoms with Crippen LogP contribution in [-0.4, -0.2) is 45.6 Å². The zero-order valence-electron chi connectivity index (χ0n) is 8.75. The molecule has 1 aliphatic heterocycles. The summed E-state index contributed by atoms with van der Waals surface area (Å²) in [6.07, 6.45) is 2.02. The second-order valence-corrected chi connectivity index (χ2v) is 6.03. The van der Waals surface area contributed by atoms with Gasteiger partial charge in [0.1, 0.15) is 0 Å². The average molecular weight is 220 g/mol. The van der Waals surface area contributed by atoms with Gasteiger partial charge in [0.05, 0.1) is 11.5 Å². The van der Waals surface area contributed by atoms with E-state index in [1.54, 1.807) is 0 Å². The summed E-state index contributed by atoms with van der Waals surface area (Å²) in [6.45, 7) is 4.65. The Morgan fingerprint density at radius 3 is 2.86 bits per heavy atom. The molecule has 1 rings (SSSR count). The molecule has 0 bridgehead atoms. The van der Waals surface area contributed by atoms with Crippen LogP contribution in [0.1, 0.15) is 19.8 Å². The Labute approximate surface area is 86.4 Å². The van der Waals surface area contributed by atoms with Crippen LogP contribution >= 0.6 is 0 Å². The summed E-state index contributed by atoms with van der Waals surface area (Å²) < 4.78 is 22.6. The quantitative estimate of drug-likeness (QED) is 0.628. The second kappa shape index (κ2) is 5.68. The van der Waals surface area contributed by atoms with Crippen LogP contribution in [0.15, 0.2) is 0 Å². The Balaban J connectivity index is 2.18. The van der Waals surface area contributed by atoms with Crippen molar-refractivity contribution < 1.29 is 8.42 Å². The number of sulfone groups is 1. The van der Waals surface area contributed by atoms with Gasteiger partial charge in [0.2, 0.25) is 0 Å². The highest BCUT2D eigenvalue weighted by molar-refractivity contribution is 7.91. The lowest BCUT2D eigenvalue weighted by molar-refractivity contribution is 0.479. The van der Waals surface area contributed by atoms with E-state index in [9.17, 15) is 8.42 Å². The molecule has 0 aromatic rings. The lowest BCUT2D eigenvalue weighted by atomic mass is 10.2. The Morgan fingerprint density at radius 2 is 2.21 bits per heavy atom. The van der Waals surface area contributed by atoms with Crippen molar-refractivity contribution in [3.05, 3.63) is 0 Å². The third-order valence-electron chi connectivity index (χ3n) is 2.40. The van der Waals surface area contributed by atoms with Crippen LogP contribution in [0, 0.1) is 0 Å². The van der Waals surface area contributed by atoms with Crippen LogP contribution < -0.4 is 10.6 Å². The molecule has 0 aromatic carbocycles. The van der Waals surface area contributed by atoms with Crippen LogP contribution in [0.2, 0.25) is 0 Å². The standard InChI is InChI=1S/C9H20N2O2S/c1-2-4-10-5-3-9-8-14(12,13)7-6-11-9/h9-11H,2-8H2,1H3. The van der Waals surface area contributed by atoms with E-state index in [4.69, 9.17) is 0 Å². The molecule has 84 valence electrons. The molecule has 14 heavy (non-hydrogen) atoms. The lowest BCUT2D eigenvalue weighted by Crippen LogP contribution is -2.46. The predicted molar refractivity (Wildman–Crippen MR) is 58.2 cm³/mol. The van der Waals surface area contributed by atoms with Gasteiger partial charge in [-0.05, 0) is 25.9 Å². The van der Waals surface area contributed by atoms with Crippen LogP contribution in [0.3, 0.4) is 0 Å². The van der Waals surface area contributed by atoms with Crippen molar-refractivity contribution in [2.24, 2.45) is 0 Å². The largest absolute Gasteiger partial charge is 0.317 e. The number of hydrogen-bond donors (Lipinski definition) is 2. The van der Waals surface area contributed by atoms with Crippen LogP contribution in [-0.2, 0) is 9.84 Å². The molecule has 0 aromatic heterocycles. The summed E-state index contributed by atoms with van der Waals surface area (Å²) in [5.74, 6) is 0.604. The molecule has 1 atom stereocenters. The van der Waals surface area contributed by atoms with Crippen molar-refractivity contribution in [1.82, 2.24) is 10.6 Å². The predicted octanol–water partition coefficient (Wildman–Crippen LogP) is -0.237. The van der Waals surface area contributed by atoms with E-state index < -0.39 is 9.84 Å². The molecule has 0 radical (unpaired) electrons. The molecule has 1 aliphatic rings. The first-order valence-electron chi connectivity index (χ1n) is 5.28. The fourth-order valence-corrected chi connectivity index (χ4v) is 3.12. The molecule has 0 saturated carbocycles. The highest BCUT2D eigenvalue weighted by atomic mass is 32.2. The monoisotopic (exact) mass is 220 g/mol. The number of hydrogen-bond acceptors (Lipinski definition) is 4. The van der Waals surface area contributed by atoms with Crippen LogP contribution in [0.25, 0.3) is 0 Å². The van der Waals surface area contributed by atoms with Crippen molar-refractivity contribution in [2.45, 2.75) is 25.8 Å². The van der Waals surface area contributed by atoms with Crippen molar-refractivity contribution in [3.8, 4) is 0 Å². The van der Waals surface area contributed by atoms with Crippen molar-refractivity contribution in [2.75, 3.05) is 31.1 Å². The van der Waals surface area contributed by atoms with E-state index in [-0.39, 0.29) is 6.04 Å². The zero-order valence-corrected chi connectivity index (χ0v) is 9.57. The van der Waals surface area contributed by atoms with Gasteiger partial charge < -0.3 is 10.6 Å². The van der Waals surface area contributed by atoms with E-state index in [1.165, 1.54) is 0 Å². The molecule has 0 aliphatic carbocycles. The first-order valence-corrected chi connectivity index (χ1v) is 7.10. The Bertz CT molecular complexity index is 252. The smallest absolute Gasteiger partial charge is 0.153 e. The molecule has 1 fully saturated rings. The summed E-state index contributed by atoms with van der Waals surface area (Å²) in [4.78, 5) is 0. The minimum absolute atomic E-state index is 0.151.